The van der Waals surface area contributed by atoms with Crippen molar-refractivity contribution in [2.75, 3.05) is 11.5 Å². The molecule has 24 heavy (non-hydrogen) atoms. The van der Waals surface area contributed by atoms with Crippen molar-refractivity contribution in [2.24, 2.45) is 0 Å². The average molecular weight is 323 g/mol. The third kappa shape index (κ3) is 3.04. The van der Waals surface area contributed by atoms with Crippen molar-refractivity contribution in [1.82, 2.24) is 0 Å². The Morgan fingerprint density at radius 2 is 1.88 bits per heavy atom. The minimum Gasteiger partial charge on any atom is -0.452 e. The molecule has 2 aromatic carbocycles. The van der Waals surface area contributed by atoms with Crippen LogP contribution >= 0.6 is 0 Å². The van der Waals surface area contributed by atoms with E-state index < -0.39 is 5.97 Å². The van der Waals surface area contributed by atoms with Crippen molar-refractivity contribution >= 4 is 17.6 Å². The first-order valence-corrected chi connectivity index (χ1v) is 8.11. The van der Waals surface area contributed by atoms with Gasteiger partial charge in [-0.1, -0.05) is 24.3 Å². The largest absolute Gasteiger partial charge is 0.452 e. The molecule has 1 amide bonds. The van der Waals surface area contributed by atoms with E-state index in [2.05, 4.69) is 0 Å². The molecule has 0 saturated carbocycles. The second-order valence-corrected chi connectivity index (χ2v) is 6.32. The molecule has 4 nitrogen and oxygen atoms in total. The Kier molecular flexibility index (Phi) is 4.38. The molecule has 0 bridgehead atoms. The number of aryl methyl sites for hydroxylation is 2. The first-order valence-electron chi connectivity index (χ1n) is 8.11. The predicted octanol–water partition coefficient (Wildman–Crippen LogP) is 3.44. The summed E-state index contributed by atoms with van der Waals surface area (Å²) in [5, 5.41) is 0. The van der Waals surface area contributed by atoms with Crippen molar-refractivity contribution in [1.29, 1.82) is 0 Å². The van der Waals surface area contributed by atoms with Gasteiger partial charge in [0.15, 0.2) is 6.61 Å². The van der Waals surface area contributed by atoms with Crippen LogP contribution in [0, 0.1) is 13.8 Å². The number of esters is 1. The lowest BCUT2D eigenvalue weighted by atomic mass is 10.1. The van der Waals surface area contributed by atoms with Crippen molar-refractivity contribution in [3.8, 4) is 0 Å². The second kappa shape index (κ2) is 6.48. The zero-order valence-electron chi connectivity index (χ0n) is 14.2. The summed E-state index contributed by atoms with van der Waals surface area (Å²) < 4.78 is 5.23. The summed E-state index contributed by atoms with van der Waals surface area (Å²) in [6, 6.07) is 13.3. The zero-order chi connectivity index (χ0) is 17.3. The molecule has 124 valence electrons. The number of carbonyl (C=O) groups excluding carboxylic acids is 2. The Morgan fingerprint density at radius 1 is 1.12 bits per heavy atom. The van der Waals surface area contributed by atoms with E-state index in [0.717, 1.165) is 28.8 Å². The number of para-hydroxylation sites is 1. The summed E-state index contributed by atoms with van der Waals surface area (Å²) in [5.74, 6) is -0.656. The quantitative estimate of drug-likeness (QED) is 0.813. The molecule has 1 heterocycles. The number of benzene rings is 2. The number of carbonyl (C=O) groups is 2. The molecule has 1 aliphatic rings. The normalized spacial score (nSPS) is 16.0. The van der Waals surface area contributed by atoms with Crippen molar-refractivity contribution in [3.05, 3.63) is 64.7 Å². The average Bonchev–Trinajstić information content (AvgIpc) is 2.90. The number of ether oxygens (including phenoxy) is 1. The van der Waals surface area contributed by atoms with Crippen LogP contribution < -0.4 is 4.90 Å². The molecule has 3 rings (SSSR count). The van der Waals surface area contributed by atoms with Gasteiger partial charge in [-0.2, -0.15) is 0 Å². The van der Waals surface area contributed by atoms with Crippen LogP contribution in [0.25, 0.3) is 0 Å². The molecule has 1 unspecified atom stereocenters. The Labute approximate surface area is 142 Å². The molecule has 0 aromatic heterocycles. The van der Waals surface area contributed by atoms with Gasteiger partial charge in [0.25, 0.3) is 5.91 Å². The maximum absolute atomic E-state index is 12.5. The summed E-state index contributed by atoms with van der Waals surface area (Å²) in [5.41, 5.74) is 4.68. The standard InChI is InChI=1S/C20H21NO3/c1-13-8-9-17(10-14(13)2)20(23)24-12-19(22)21-15(3)11-16-6-4-5-7-18(16)21/h4-10,15H,11-12H2,1-3H3. The molecule has 0 aliphatic carbocycles. The fraction of sp³-hybridized carbons (Fsp3) is 0.300. The van der Waals surface area contributed by atoms with Crippen LogP contribution in [0.1, 0.15) is 34.0 Å². The number of amides is 1. The van der Waals surface area contributed by atoms with Gasteiger partial charge in [-0.25, -0.2) is 4.79 Å². The molecule has 0 fully saturated rings. The van der Waals surface area contributed by atoms with E-state index in [4.69, 9.17) is 4.74 Å². The predicted molar refractivity (Wildman–Crippen MR) is 93.3 cm³/mol. The van der Waals surface area contributed by atoms with E-state index in [9.17, 15) is 9.59 Å². The molecule has 1 aliphatic heterocycles. The van der Waals surface area contributed by atoms with E-state index in [1.807, 2.05) is 51.1 Å². The highest BCUT2D eigenvalue weighted by Crippen LogP contribution is 2.31. The molecule has 1 atom stereocenters. The van der Waals surface area contributed by atoms with Crippen LogP contribution in [0.3, 0.4) is 0 Å². The zero-order valence-corrected chi connectivity index (χ0v) is 14.2. The number of anilines is 1. The molecule has 0 spiro atoms. The molecule has 2 aromatic rings. The van der Waals surface area contributed by atoms with Gasteiger partial charge in [-0.05, 0) is 62.1 Å². The van der Waals surface area contributed by atoms with Gasteiger partial charge in [0.05, 0.1) is 5.56 Å². The monoisotopic (exact) mass is 323 g/mol. The Hall–Kier alpha value is -2.62. The van der Waals surface area contributed by atoms with Crippen molar-refractivity contribution < 1.29 is 14.3 Å². The van der Waals surface area contributed by atoms with Crippen LogP contribution in [0.5, 0.6) is 0 Å². The highest BCUT2D eigenvalue weighted by molar-refractivity contribution is 5.99. The van der Waals surface area contributed by atoms with Gasteiger partial charge in [0.2, 0.25) is 0 Å². The van der Waals surface area contributed by atoms with Crippen LogP contribution in [-0.4, -0.2) is 24.5 Å². The summed E-state index contributed by atoms with van der Waals surface area (Å²) in [4.78, 5) is 26.4. The second-order valence-electron chi connectivity index (χ2n) is 6.32. The molecule has 4 heteroatoms. The van der Waals surface area contributed by atoms with Gasteiger partial charge >= 0.3 is 5.97 Å². The molecular weight excluding hydrogens is 302 g/mol. The number of hydrogen-bond acceptors (Lipinski definition) is 3. The fourth-order valence-electron chi connectivity index (χ4n) is 3.09. The lowest BCUT2D eigenvalue weighted by Crippen LogP contribution is -2.38. The van der Waals surface area contributed by atoms with Crippen LogP contribution in [0.15, 0.2) is 42.5 Å². The van der Waals surface area contributed by atoms with Crippen molar-refractivity contribution in [3.63, 3.8) is 0 Å². The lowest BCUT2D eigenvalue weighted by Gasteiger charge is -2.22. The van der Waals surface area contributed by atoms with Gasteiger partial charge in [-0.3, -0.25) is 4.79 Å². The van der Waals surface area contributed by atoms with Crippen LogP contribution in [-0.2, 0) is 16.0 Å². The molecule has 0 radical (unpaired) electrons. The van der Waals surface area contributed by atoms with Gasteiger partial charge in [0.1, 0.15) is 0 Å². The maximum atomic E-state index is 12.5. The summed E-state index contributed by atoms with van der Waals surface area (Å²) in [7, 11) is 0. The highest BCUT2D eigenvalue weighted by Gasteiger charge is 2.31. The van der Waals surface area contributed by atoms with E-state index in [1.54, 1.807) is 17.0 Å². The van der Waals surface area contributed by atoms with E-state index in [0.29, 0.717) is 5.56 Å². The van der Waals surface area contributed by atoms with Gasteiger partial charge < -0.3 is 9.64 Å². The highest BCUT2D eigenvalue weighted by atomic mass is 16.5. The minimum atomic E-state index is -0.466. The first-order chi connectivity index (χ1) is 11.5. The van der Waals surface area contributed by atoms with E-state index in [1.165, 1.54) is 0 Å². The Morgan fingerprint density at radius 3 is 2.62 bits per heavy atom. The van der Waals surface area contributed by atoms with Gasteiger partial charge in [-0.15, -0.1) is 0 Å². The number of fused-ring (bicyclic) bond motifs is 1. The SMILES string of the molecule is Cc1ccc(C(=O)OCC(=O)N2c3ccccc3CC2C)cc1C. The minimum absolute atomic E-state index is 0.0789. The summed E-state index contributed by atoms with van der Waals surface area (Å²) in [6.07, 6.45) is 0.826. The number of rotatable bonds is 3. The Bertz CT molecular complexity index is 797. The first kappa shape index (κ1) is 16.2. The van der Waals surface area contributed by atoms with Crippen molar-refractivity contribution in [2.45, 2.75) is 33.2 Å². The smallest absolute Gasteiger partial charge is 0.338 e. The molecule has 0 saturated heterocycles. The van der Waals surface area contributed by atoms with Crippen LogP contribution in [0.2, 0.25) is 0 Å². The Balaban J connectivity index is 1.67. The third-order valence-electron chi connectivity index (χ3n) is 4.55. The molecular formula is C20H21NO3. The van der Waals surface area contributed by atoms with E-state index in [-0.39, 0.29) is 18.6 Å². The maximum Gasteiger partial charge on any atom is 0.338 e. The number of hydrogen-bond donors (Lipinski definition) is 0. The lowest BCUT2D eigenvalue weighted by molar-refractivity contribution is -0.122. The van der Waals surface area contributed by atoms with E-state index >= 15 is 0 Å². The fourth-order valence-corrected chi connectivity index (χ4v) is 3.09. The number of nitrogens with zero attached hydrogens (tertiary/aromatic N) is 1. The molecule has 0 N–H and O–H groups in total. The topological polar surface area (TPSA) is 46.6 Å². The third-order valence-corrected chi connectivity index (χ3v) is 4.55. The summed E-state index contributed by atoms with van der Waals surface area (Å²) in [6.45, 7) is 5.69. The summed E-state index contributed by atoms with van der Waals surface area (Å²) >= 11 is 0. The van der Waals surface area contributed by atoms with Crippen LogP contribution in [0.4, 0.5) is 5.69 Å². The van der Waals surface area contributed by atoms with Gasteiger partial charge in [0, 0.05) is 11.7 Å².